The first kappa shape index (κ1) is 21.3. The molecule has 1 atom stereocenters. The number of amides is 4. The van der Waals surface area contributed by atoms with Gasteiger partial charge in [-0.1, -0.05) is 26.0 Å². The molecule has 2 N–H and O–H groups in total. The van der Waals surface area contributed by atoms with Crippen LogP contribution in [0.2, 0.25) is 0 Å². The van der Waals surface area contributed by atoms with Gasteiger partial charge in [0.05, 0.1) is 11.3 Å². The topological polar surface area (TPSA) is 125 Å². The summed E-state index contributed by atoms with van der Waals surface area (Å²) in [5, 5.41) is 0. The third-order valence-corrected chi connectivity index (χ3v) is 4.96. The fourth-order valence-electron chi connectivity index (χ4n) is 3.81. The fraction of sp³-hybridized carbons (Fsp3) is 0.450. The van der Waals surface area contributed by atoms with E-state index in [9.17, 15) is 24.0 Å². The minimum Gasteiger partial charge on any atom is -0.452 e. The lowest BCUT2D eigenvalue weighted by atomic mass is 9.95. The summed E-state index contributed by atoms with van der Waals surface area (Å²) in [5.74, 6) is -2.75. The van der Waals surface area contributed by atoms with Crippen molar-refractivity contribution in [3.63, 3.8) is 0 Å². The van der Waals surface area contributed by atoms with Gasteiger partial charge in [-0.05, 0) is 18.1 Å². The van der Waals surface area contributed by atoms with Gasteiger partial charge in [-0.25, -0.2) is 4.79 Å². The number of para-hydroxylation sites is 1. The van der Waals surface area contributed by atoms with E-state index in [-0.39, 0.29) is 37.1 Å². The van der Waals surface area contributed by atoms with Gasteiger partial charge in [-0.3, -0.25) is 34.9 Å². The summed E-state index contributed by atoms with van der Waals surface area (Å²) in [6.07, 6.45) is 0.119. The van der Waals surface area contributed by atoms with E-state index >= 15 is 0 Å². The molecule has 1 saturated heterocycles. The maximum absolute atomic E-state index is 13.3. The number of ether oxygens (including phenoxy) is 1. The Labute approximate surface area is 173 Å². The number of rotatable bonds is 5. The van der Waals surface area contributed by atoms with Gasteiger partial charge in [0.15, 0.2) is 6.61 Å². The maximum atomic E-state index is 13.3. The Bertz CT molecular complexity index is 914. The molecule has 1 aromatic rings. The Morgan fingerprint density at radius 1 is 1.17 bits per heavy atom. The summed E-state index contributed by atoms with van der Waals surface area (Å²) in [6.45, 7) is 4.56. The molecule has 0 saturated carbocycles. The van der Waals surface area contributed by atoms with Gasteiger partial charge in [0.25, 0.3) is 11.8 Å². The molecule has 2 heterocycles. The van der Waals surface area contributed by atoms with Crippen LogP contribution in [0.25, 0.3) is 0 Å². The average molecular weight is 416 g/mol. The van der Waals surface area contributed by atoms with Gasteiger partial charge in [0, 0.05) is 26.3 Å². The van der Waals surface area contributed by atoms with Crippen LogP contribution in [0.5, 0.6) is 0 Å². The molecule has 0 aromatic heterocycles. The fourth-order valence-corrected chi connectivity index (χ4v) is 3.81. The zero-order valence-corrected chi connectivity index (χ0v) is 17.1. The Hall–Kier alpha value is -3.43. The standard InChI is InChI=1S/C20H24N4O6/c1-12(2)10-23-18(28)14-6-4-5-7-15(14)24-17(27)8-9-20(23,24)19(29)30-11-16(26)22-21-13(3)25/h4-7,12H,8-11H2,1-3H3,(H,21,25)(H,22,26)/t20-/m1/s1. The summed E-state index contributed by atoms with van der Waals surface area (Å²) in [5.41, 5.74) is 3.23. The molecule has 1 aromatic carbocycles. The number of nitrogens with one attached hydrogen (secondary N) is 2. The molecule has 2 aliphatic rings. The summed E-state index contributed by atoms with van der Waals surface area (Å²) in [6, 6.07) is 6.62. The van der Waals surface area contributed by atoms with Crippen LogP contribution in [-0.2, 0) is 23.9 Å². The highest BCUT2D eigenvalue weighted by molar-refractivity contribution is 6.15. The number of hydrazine groups is 1. The van der Waals surface area contributed by atoms with Gasteiger partial charge in [0.2, 0.25) is 17.5 Å². The SMILES string of the molecule is CC(=O)NNC(=O)COC(=O)[C@@]12CCC(=O)N1c1ccccc1C(=O)N2CC(C)C. The molecule has 160 valence electrons. The number of fused-ring (bicyclic) bond motifs is 3. The third-order valence-electron chi connectivity index (χ3n) is 4.96. The number of nitrogens with zero attached hydrogens (tertiary/aromatic N) is 2. The van der Waals surface area contributed by atoms with Crippen LogP contribution in [0.15, 0.2) is 24.3 Å². The third kappa shape index (κ3) is 3.60. The van der Waals surface area contributed by atoms with E-state index in [1.807, 2.05) is 13.8 Å². The van der Waals surface area contributed by atoms with Crippen molar-refractivity contribution in [1.29, 1.82) is 0 Å². The van der Waals surface area contributed by atoms with E-state index in [1.54, 1.807) is 24.3 Å². The van der Waals surface area contributed by atoms with Crippen molar-refractivity contribution in [2.75, 3.05) is 18.1 Å². The van der Waals surface area contributed by atoms with Crippen molar-refractivity contribution in [2.24, 2.45) is 5.92 Å². The highest BCUT2D eigenvalue weighted by Crippen LogP contribution is 2.45. The first-order chi connectivity index (χ1) is 14.2. The van der Waals surface area contributed by atoms with Crippen LogP contribution in [-0.4, -0.2) is 53.3 Å². The molecule has 0 spiro atoms. The maximum Gasteiger partial charge on any atom is 0.354 e. The minimum absolute atomic E-state index is 0.0181. The predicted octanol–water partition coefficient (Wildman–Crippen LogP) is 0.332. The van der Waals surface area contributed by atoms with Crippen molar-refractivity contribution < 1.29 is 28.7 Å². The zero-order valence-electron chi connectivity index (χ0n) is 17.1. The lowest BCUT2D eigenvalue weighted by Crippen LogP contribution is -2.69. The van der Waals surface area contributed by atoms with E-state index in [2.05, 4.69) is 10.9 Å². The Morgan fingerprint density at radius 3 is 2.53 bits per heavy atom. The van der Waals surface area contributed by atoms with E-state index < -0.39 is 30.1 Å². The molecular formula is C20H24N4O6. The number of hydrogen-bond donors (Lipinski definition) is 2. The normalized spacial score (nSPS) is 20.0. The summed E-state index contributed by atoms with van der Waals surface area (Å²) in [4.78, 5) is 64.8. The van der Waals surface area contributed by atoms with Gasteiger partial charge < -0.3 is 9.64 Å². The van der Waals surface area contributed by atoms with Crippen LogP contribution >= 0.6 is 0 Å². The first-order valence-electron chi connectivity index (χ1n) is 9.65. The summed E-state index contributed by atoms with van der Waals surface area (Å²) >= 11 is 0. The van der Waals surface area contributed by atoms with Crippen LogP contribution in [0.4, 0.5) is 5.69 Å². The smallest absolute Gasteiger partial charge is 0.354 e. The quantitative estimate of drug-likeness (QED) is 0.527. The van der Waals surface area contributed by atoms with Crippen LogP contribution in [0.1, 0.15) is 44.0 Å². The zero-order chi connectivity index (χ0) is 22.1. The number of benzene rings is 1. The molecule has 30 heavy (non-hydrogen) atoms. The highest BCUT2D eigenvalue weighted by Gasteiger charge is 2.62. The molecule has 3 rings (SSSR count). The van der Waals surface area contributed by atoms with E-state index in [1.165, 1.54) is 16.7 Å². The highest BCUT2D eigenvalue weighted by atomic mass is 16.5. The summed E-state index contributed by atoms with van der Waals surface area (Å²) < 4.78 is 5.21. The lowest BCUT2D eigenvalue weighted by Gasteiger charge is -2.48. The van der Waals surface area contributed by atoms with Crippen LogP contribution in [0.3, 0.4) is 0 Å². The number of carbonyl (C=O) groups excluding carboxylic acids is 5. The molecule has 10 nitrogen and oxygen atoms in total. The largest absolute Gasteiger partial charge is 0.452 e. The van der Waals surface area contributed by atoms with Gasteiger partial charge >= 0.3 is 5.97 Å². The van der Waals surface area contributed by atoms with Crippen LogP contribution < -0.4 is 15.8 Å². The number of anilines is 1. The Kier molecular flexibility index (Phi) is 5.77. The van der Waals surface area contributed by atoms with Crippen molar-refractivity contribution in [3.8, 4) is 0 Å². The van der Waals surface area contributed by atoms with E-state index in [0.717, 1.165) is 0 Å². The second kappa shape index (κ2) is 8.13. The molecule has 1 fully saturated rings. The van der Waals surface area contributed by atoms with E-state index in [4.69, 9.17) is 4.74 Å². The van der Waals surface area contributed by atoms with Crippen molar-refractivity contribution in [1.82, 2.24) is 15.8 Å². The number of carbonyl (C=O) groups is 5. The predicted molar refractivity (Wildman–Crippen MR) is 105 cm³/mol. The average Bonchev–Trinajstić information content (AvgIpc) is 3.06. The summed E-state index contributed by atoms with van der Waals surface area (Å²) in [7, 11) is 0. The molecule has 0 bridgehead atoms. The Morgan fingerprint density at radius 2 is 1.87 bits per heavy atom. The second-order valence-electron chi connectivity index (χ2n) is 7.68. The van der Waals surface area contributed by atoms with Gasteiger partial charge in [-0.15, -0.1) is 0 Å². The second-order valence-corrected chi connectivity index (χ2v) is 7.68. The van der Waals surface area contributed by atoms with Crippen molar-refractivity contribution in [3.05, 3.63) is 29.8 Å². The molecule has 2 aliphatic heterocycles. The molecular weight excluding hydrogens is 392 g/mol. The van der Waals surface area contributed by atoms with Gasteiger partial charge in [-0.2, -0.15) is 0 Å². The molecule has 0 unspecified atom stereocenters. The van der Waals surface area contributed by atoms with Crippen molar-refractivity contribution >= 4 is 35.3 Å². The first-order valence-corrected chi connectivity index (χ1v) is 9.65. The number of hydrogen-bond acceptors (Lipinski definition) is 6. The van der Waals surface area contributed by atoms with Crippen LogP contribution in [0, 0.1) is 5.92 Å². The Balaban J connectivity index is 1.96. The number of esters is 1. The lowest BCUT2D eigenvalue weighted by molar-refractivity contribution is -0.160. The van der Waals surface area contributed by atoms with Crippen molar-refractivity contribution in [2.45, 2.75) is 39.3 Å². The molecule has 0 aliphatic carbocycles. The molecule has 0 radical (unpaired) electrons. The van der Waals surface area contributed by atoms with E-state index in [0.29, 0.717) is 11.3 Å². The minimum atomic E-state index is -1.65. The molecule has 4 amide bonds. The van der Waals surface area contributed by atoms with Gasteiger partial charge in [0.1, 0.15) is 0 Å². The monoisotopic (exact) mass is 416 g/mol. The molecule has 10 heteroatoms.